The summed E-state index contributed by atoms with van der Waals surface area (Å²) >= 11 is 6.21. The molecule has 2 aromatic rings. The lowest BCUT2D eigenvalue weighted by atomic mass is 9.95. The van der Waals surface area contributed by atoms with Gasteiger partial charge in [0.05, 0.1) is 0 Å². The number of hydrogen-bond donors (Lipinski definition) is 1. The van der Waals surface area contributed by atoms with Gasteiger partial charge in [0.25, 0.3) is 0 Å². The van der Waals surface area contributed by atoms with Crippen LogP contribution in [0, 0.1) is 6.92 Å². The second-order valence-corrected chi connectivity index (χ2v) is 6.43. The van der Waals surface area contributed by atoms with Gasteiger partial charge in [0.15, 0.2) is 5.82 Å². The van der Waals surface area contributed by atoms with E-state index in [0.717, 1.165) is 29.5 Å². The average Bonchev–Trinajstić information content (AvgIpc) is 2.79. The molecule has 0 saturated carbocycles. The SMILES string of the molecule is Cc1c(Cl)nc(C(C)(C)C)nc1NCCc1ncn(C)n1. The quantitative estimate of drug-likeness (QED) is 0.879. The molecule has 6 nitrogen and oxygen atoms in total. The fourth-order valence-corrected chi connectivity index (χ4v) is 1.96. The summed E-state index contributed by atoms with van der Waals surface area (Å²) in [4.78, 5) is 13.1. The van der Waals surface area contributed by atoms with Crippen molar-refractivity contribution in [1.82, 2.24) is 24.7 Å². The first-order valence-electron chi connectivity index (χ1n) is 6.90. The van der Waals surface area contributed by atoms with Gasteiger partial charge in [0.1, 0.15) is 23.1 Å². The number of rotatable bonds is 4. The van der Waals surface area contributed by atoms with E-state index in [9.17, 15) is 0 Å². The number of aryl methyl sites for hydroxylation is 1. The minimum atomic E-state index is -0.143. The Bertz CT molecular complexity index is 629. The van der Waals surface area contributed by atoms with Crippen molar-refractivity contribution in [1.29, 1.82) is 0 Å². The molecule has 0 aromatic carbocycles. The Morgan fingerprint density at radius 3 is 2.57 bits per heavy atom. The topological polar surface area (TPSA) is 68.5 Å². The van der Waals surface area contributed by atoms with Crippen LogP contribution in [0.1, 0.15) is 38.0 Å². The predicted molar refractivity (Wildman–Crippen MR) is 83.7 cm³/mol. The normalized spacial score (nSPS) is 11.7. The molecular formula is C14H21ClN6. The first kappa shape index (κ1) is 15.7. The average molecular weight is 309 g/mol. The Morgan fingerprint density at radius 2 is 2.00 bits per heavy atom. The second-order valence-electron chi connectivity index (χ2n) is 6.07. The Hall–Kier alpha value is -1.69. The molecular weight excluding hydrogens is 288 g/mol. The summed E-state index contributed by atoms with van der Waals surface area (Å²) in [5.41, 5.74) is 0.717. The lowest BCUT2D eigenvalue weighted by Gasteiger charge is -2.19. The molecule has 1 N–H and O–H groups in total. The molecule has 0 atom stereocenters. The maximum absolute atomic E-state index is 6.21. The highest BCUT2D eigenvalue weighted by molar-refractivity contribution is 6.30. The zero-order valence-electron chi connectivity index (χ0n) is 13.1. The van der Waals surface area contributed by atoms with E-state index in [0.29, 0.717) is 11.7 Å². The van der Waals surface area contributed by atoms with Crippen LogP contribution in [0.25, 0.3) is 0 Å². The fourth-order valence-electron chi connectivity index (χ4n) is 1.79. The van der Waals surface area contributed by atoms with Crippen LogP contribution < -0.4 is 5.32 Å². The summed E-state index contributed by atoms with van der Waals surface area (Å²) in [5.74, 6) is 2.31. The first-order valence-corrected chi connectivity index (χ1v) is 7.28. The van der Waals surface area contributed by atoms with Crippen LogP contribution in [0.15, 0.2) is 6.33 Å². The molecule has 2 heterocycles. The standard InChI is InChI=1S/C14H21ClN6/c1-9-11(15)18-13(14(2,3)4)19-12(9)16-7-6-10-17-8-21(5)20-10/h8H,6-7H2,1-5H3,(H,16,18,19). The number of aromatic nitrogens is 5. The number of nitrogens with zero attached hydrogens (tertiary/aromatic N) is 5. The molecule has 0 fully saturated rings. The van der Waals surface area contributed by atoms with Crippen LogP contribution in [-0.2, 0) is 18.9 Å². The monoisotopic (exact) mass is 308 g/mol. The maximum Gasteiger partial charge on any atom is 0.152 e. The van der Waals surface area contributed by atoms with Crippen LogP contribution in [0.5, 0.6) is 0 Å². The lowest BCUT2D eigenvalue weighted by Crippen LogP contribution is -2.19. The van der Waals surface area contributed by atoms with E-state index in [2.05, 4.69) is 46.1 Å². The Morgan fingerprint density at radius 1 is 1.29 bits per heavy atom. The van der Waals surface area contributed by atoms with E-state index < -0.39 is 0 Å². The molecule has 2 aromatic heterocycles. The van der Waals surface area contributed by atoms with Gasteiger partial charge in [-0.05, 0) is 6.92 Å². The molecule has 0 radical (unpaired) electrons. The summed E-state index contributed by atoms with van der Waals surface area (Å²) in [5, 5.41) is 8.04. The van der Waals surface area contributed by atoms with E-state index in [-0.39, 0.29) is 5.41 Å². The third-order valence-corrected chi connectivity index (χ3v) is 3.41. The highest BCUT2D eigenvalue weighted by Gasteiger charge is 2.20. The van der Waals surface area contributed by atoms with Crippen molar-refractivity contribution < 1.29 is 0 Å². The molecule has 0 saturated heterocycles. The van der Waals surface area contributed by atoms with Gasteiger partial charge in [-0.15, -0.1) is 0 Å². The highest BCUT2D eigenvalue weighted by Crippen LogP contribution is 2.25. The number of hydrogen-bond acceptors (Lipinski definition) is 5. The molecule has 0 aliphatic rings. The van der Waals surface area contributed by atoms with Gasteiger partial charge in [-0.1, -0.05) is 32.4 Å². The summed E-state index contributed by atoms with van der Waals surface area (Å²) in [6, 6.07) is 0. The highest BCUT2D eigenvalue weighted by atomic mass is 35.5. The van der Waals surface area contributed by atoms with Crippen molar-refractivity contribution >= 4 is 17.4 Å². The number of anilines is 1. The molecule has 0 aliphatic heterocycles. The number of nitrogens with one attached hydrogen (secondary N) is 1. The first-order chi connectivity index (χ1) is 9.77. The van der Waals surface area contributed by atoms with Gasteiger partial charge >= 0.3 is 0 Å². The minimum Gasteiger partial charge on any atom is -0.369 e. The largest absolute Gasteiger partial charge is 0.369 e. The molecule has 7 heteroatoms. The van der Waals surface area contributed by atoms with E-state index in [1.165, 1.54) is 0 Å². The summed E-state index contributed by atoms with van der Waals surface area (Å²) in [7, 11) is 1.86. The van der Waals surface area contributed by atoms with Crippen LogP contribution >= 0.6 is 11.6 Å². The van der Waals surface area contributed by atoms with E-state index in [4.69, 9.17) is 11.6 Å². The van der Waals surface area contributed by atoms with Crippen LogP contribution in [0.3, 0.4) is 0 Å². The molecule has 0 unspecified atom stereocenters. The minimum absolute atomic E-state index is 0.143. The summed E-state index contributed by atoms with van der Waals surface area (Å²) in [6.45, 7) is 8.80. The molecule has 0 amide bonds. The van der Waals surface area contributed by atoms with Crippen molar-refractivity contribution in [3.63, 3.8) is 0 Å². The third kappa shape index (κ3) is 3.91. The van der Waals surface area contributed by atoms with Gasteiger partial charge in [-0.3, -0.25) is 4.68 Å². The Kier molecular flexibility index (Phi) is 4.46. The van der Waals surface area contributed by atoms with Crippen LogP contribution in [0.4, 0.5) is 5.82 Å². The van der Waals surface area contributed by atoms with Crippen molar-refractivity contribution in [2.45, 2.75) is 39.5 Å². The van der Waals surface area contributed by atoms with Gasteiger partial charge in [0, 0.05) is 31.0 Å². The van der Waals surface area contributed by atoms with Gasteiger partial charge in [-0.25, -0.2) is 15.0 Å². The third-order valence-electron chi connectivity index (χ3n) is 3.05. The number of halogens is 1. The Labute approximate surface area is 130 Å². The molecule has 21 heavy (non-hydrogen) atoms. The van der Waals surface area contributed by atoms with Crippen LogP contribution in [-0.4, -0.2) is 31.3 Å². The van der Waals surface area contributed by atoms with Gasteiger partial charge < -0.3 is 5.32 Å². The smallest absolute Gasteiger partial charge is 0.152 e. The maximum atomic E-state index is 6.21. The van der Waals surface area contributed by atoms with Gasteiger partial charge in [0.2, 0.25) is 0 Å². The van der Waals surface area contributed by atoms with Crippen LogP contribution in [0.2, 0.25) is 5.15 Å². The van der Waals surface area contributed by atoms with E-state index in [1.54, 1.807) is 11.0 Å². The molecule has 0 bridgehead atoms. The van der Waals surface area contributed by atoms with Crippen molar-refractivity contribution in [2.24, 2.45) is 7.05 Å². The van der Waals surface area contributed by atoms with E-state index >= 15 is 0 Å². The molecule has 2 rings (SSSR count). The molecule has 0 aliphatic carbocycles. The van der Waals surface area contributed by atoms with Crippen molar-refractivity contribution in [3.8, 4) is 0 Å². The fraction of sp³-hybridized carbons (Fsp3) is 0.571. The van der Waals surface area contributed by atoms with Crippen molar-refractivity contribution in [2.75, 3.05) is 11.9 Å². The van der Waals surface area contributed by atoms with Crippen molar-refractivity contribution in [3.05, 3.63) is 28.7 Å². The summed E-state index contributed by atoms with van der Waals surface area (Å²) in [6.07, 6.45) is 2.42. The van der Waals surface area contributed by atoms with E-state index in [1.807, 2.05) is 14.0 Å². The van der Waals surface area contributed by atoms with Gasteiger partial charge in [-0.2, -0.15) is 5.10 Å². The lowest BCUT2D eigenvalue weighted by molar-refractivity contribution is 0.545. The predicted octanol–water partition coefficient (Wildman–Crippen LogP) is 2.52. The second kappa shape index (κ2) is 5.97. The molecule has 114 valence electrons. The molecule has 0 spiro atoms. The zero-order valence-corrected chi connectivity index (χ0v) is 13.9. The zero-order chi connectivity index (χ0) is 15.6. The summed E-state index contributed by atoms with van der Waals surface area (Å²) < 4.78 is 1.69. The Balaban J connectivity index is 2.10.